The van der Waals surface area contributed by atoms with Gasteiger partial charge >= 0.3 is 0 Å². The maximum Gasteiger partial charge on any atom is 0.264 e. The first-order valence-electron chi connectivity index (χ1n) is 11.6. The minimum Gasteiger partial charge on any atom is -0.493 e. The van der Waals surface area contributed by atoms with Gasteiger partial charge in [0.05, 0.1) is 31.9 Å². The van der Waals surface area contributed by atoms with Gasteiger partial charge < -0.3 is 28.6 Å². The number of aromatic nitrogens is 2. The molecule has 0 saturated carbocycles. The van der Waals surface area contributed by atoms with Crippen molar-refractivity contribution < 1.29 is 23.5 Å². The zero-order valence-corrected chi connectivity index (χ0v) is 21.4. The van der Waals surface area contributed by atoms with Crippen molar-refractivity contribution in [3.8, 4) is 17.2 Å². The van der Waals surface area contributed by atoms with Crippen molar-refractivity contribution in [2.75, 3.05) is 26.6 Å². The Morgan fingerprint density at radius 1 is 1.06 bits per heavy atom. The highest BCUT2D eigenvalue weighted by molar-refractivity contribution is 6.37. The van der Waals surface area contributed by atoms with Crippen molar-refractivity contribution in [2.45, 2.75) is 39.2 Å². The summed E-state index contributed by atoms with van der Waals surface area (Å²) in [6, 6.07) is 8.81. The van der Waals surface area contributed by atoms with Gasteiger partial charge in [-0.25, -0.2) is 0 Å². The van der Waals surface area contributed by atoms with Crippen LogP contribution >= 0.6 is 11.6 Å². The van der Waals surface area contributed by atoms with Crippen molar-refractivity contribution in [1.82, 2.24) is 9.72 Å². The lowest BCUT2D eigenvalue weighted by atomic mass is 10.1. The Morgan fingerprint density at radius 2 is 1.78 bits per heavy atom. The molecule has 0 aliphatic carbocycles. The summed E-state index contributed by atoms with van der Waals surface area (Å²) in [5.41, 5.74) is 1.60. The molecule has 4 aromatic rings. The summed E-state index contributed by atoms with van der Waals surface area (Å²) >= 11 is 6.45. The van der Waals surface area contributed by atoms with Crippen LogP contribution in [0.15, 0.2) is 39.6 Å². The number of anilines is 1. The number of carbonyl (C=O) groups excluding carboxylic acids is 1. The molecule has 0 aliphatic rings. The number of benzene rings is 2. The first kappa shape index (κ1) is 25.4. The smallest absolute Gasteiger partial charge is 0.264 e. The van der Waals surface area contributed by atoms with Gasteiger partial charge in [-0.2, -0.15) is 0 Å². The summed E-state index contributed by atoms with van der Waals surface area (Å²) in [6.07, 6.45) is 2.48. The third-order valence-electron chi connectivity index (χ3n) is 6.08. The Balaban J connectivity index is 1.40. The van der Waals surface area contributed by atoms with Gasteiger partial charge in [0.25, 0.3) is 5.56 Å². The summed E-state index contributed by atoms with van der Waals surface area (Å²) in [5, 5.41) is 8.60. The number of fused-ring (bicyclic) bond motifs is 3. The van der Waals surface area contributed by atoms with Gasteiger partial charge in [0.1, 0.15) is 16.7 Å². The van der Waals surface area contributed by atoms with Crippen molar-refractivity contribution in [3.63, 3.8) is 0 Å². The summed E-state index contributed by atoms with van der Waals surface area (Å²) < 4.78 is 23.0. The molecule has 9 nitrogen and oxygen atoms in total. The van der Waals surface area contributed by atoms with E-state index in [1.54, 1.807) is 29.7 Å². The van der Waals surface area contributed by atoms with E-state index in [1.807, 2.05) is 12.1 Å². The van der Waals surface area contributed by atoms with Gasteiger partial charge in [-0.3, -0.25) is 9.59 Å². The molecule has 2 heterocycles. The number of pyridine rings is 1. The van der Waals surface area contributed by atoms with E-state index in [-0.39, 0.29) is 11.5 Å². The van der Waals surface area contributed by atoms with Gasteiger partial charge in [0, 0.05) is 36.2 Å². The minimum absolute atomic E-state index is 0.125. The third kappa shape index (κ3) is 4.83. The van der Waals surface area contributed by atoms with Crippen molar-refractivity contribution in [2.24, 2.45) is 0 Å². The molecule has 10 heteroatoms. The standard InChI is InChI=1S/C26H28ClN3O6/c1-15-22-24(29-36-15)23-17(27)9-8-10-18(23)30(26(22)32)12-7-5-6-11-21(31)28-16-13-19(33-2)25(35-4)20(14-16)34-3/h8-10,13-14H,5-7,11-12H2,1-4H3,(H,28,31). The molecule has 0 fully saturated rings. The molecule has 36 heavy (non-hydrogen) atoms. The van der Waals surface area contributed by atoms with Crippen LogP contribution in [-0.4, -0.2) is 37.0 Å². The van der Waals surface area contributed by atoms with E-state index in [0.29, 0.717) is 74.9 Å². The van der Waals surface area contributed by atoms with Crippen LogP contribution in [0.3, 0.4) is 0 Å². The highest BCUT2D eigenvalue weighted by Gasteiger charge is 2.19. The third-order valence-corrected chi connectivity index (χ3v) is 6.39. The number of unbranched alkanes of at least 4 members (excludes halogenated alkanes) is 2. The highest BCUT2D eigenvalue weighted by atomic mass is 35.5. The highest BCUT2D eigenvalue weighted by Crippen LogP contribution is 2.40. The number of aryl methyl sites for hydroxylation is 2. The van der Waals surface area contributed by atoms with Gasteiger partial charge in [-0.1, -0.05) is 29.2 Å². The second-order valence-corrected chi connectivity index (χ2v) is 8.73. The quantitative estimate of drug-likeness (QED) is 0.286. The molecule has 4 rings (SSSR count). The molecular formula is C26H28ClN3O6. The molecule has 0 atom stereocenters. The Morgan fingerprint density at radius 3 is 2.44 bits per heavy atom. The first-order valence-corrected chi connectivity index (χ1v) is 11.9. The van der Waals surface area contributed by atoms with E-state index in [2.05, 4.69) is 10.5 Å². The maximum absolute atomic E-state index is 13.2. The molecule has 0 unspecified atom stereocenters. The Kier molecular flexibility index (Phi) is 7.69. The number of ether oxygens (including phenoxy) is 3. The number of methoxy groups -OCH3 is 3. The Bertz CT molecular complexity index is 1450. The minimum atomic E-state index is -0.154. The fraction of sp³-hybridized carbons (Fsp3) is 0.346. The van der Waals surface area contributed by atoms with Crippen molar-refractivity contribution in [3.05, 3.63) is 51.5 Å². The lowest BCUT2D eigenvalue weighted by Gasteiger charge is -2.14. The SMILES string of the molecule is COc1cc(NC(=O)CCCCCn2c(=O)c3c(C)onc3c3c(Cl)cccc32)cc(OC)c1OC. The van der Waals surface area contributed by atoms with Crippen molar-refractivity contribution >= 4 is 45.0 Å². The van der Waals surface area contributed by atoms with Gasteiger partial charge in [-0.05, 0) is 31.9 Å². The summed E-state index contributed by atoms with van der Waals surface area (Å²) in [5.74, 6) is 1.73. The van der Waals surface area contributed by atoms with Gasteiger partial charge in [0.15, 0.2) is 11.5 Å². The number of nitrogens with one attached hydrogen (secondary N) is 1. The second-order valence-electron chi connectivity index (χ2n) is 8.33. The van der Waals surface area contributed by atoms with Crippen LogP contribution in [0.2, 0.25) is 5.02 Å². The molecular weight excluding hydrogens is 486 g/mol. The molecule has 2 aromatic heterocycles. The van der Waals surface area contributed by atoms with Crippen LogP contribution in [0.25, 0.3) is 21.8 Å². The fourth-order valence-electron chi connectivity index (χ4n) is 4.34. The van der Waals surface area contributed by atoms with E-state index in [1.165, 1.54) is 21.3 Å². The second kappa shape index (κ2) is 10.9. The van der Waals surface area contributed by atoms with Crippen LogP contribution in [0.4, 0.5) is 5.69 Å². The topological polar surface area (TPSA) is 105 Å². The zero-order valence-electron chi connectivity index (χ0n) is 20.6. The van der Waals surface area contributed by atoms with Gasteiger partial charge in [-0.15, -0.1) is 0 Å². The number of halogens is 1. The fourth-order valence-corrected chi connectivity index (χ4v) is 4.60. The normalized spacial score (nSPS) is 11.1. The van der Waals surface area contributed by atoms with E-state index in [0.717, 1.165) is 12.8 Å². The average molecular weight is 514 g/mol. The molecule has 0 spiro atoms. The molecule has 0 radical (unpaired) electrons. The Labute approximate surface area is 212 Å². The zero-order chi connectivity index (χ0) is 25.8. The summed E-state index contributed by atoms with van der Waals surface area (Å²) in [7, 11) is 4.57. The van der Waals surface area contributed by atoms with Gasteiger partial charge in [0.2, 0.25) is 11.7 Å². The van der Waals surface area contributed by atoms with E-state index >= 15 is 0 Å². The molecule has 0 bridgehead atoms. The predicted molar refractivity (Wildman–Crippen MR) is 139 cm³/mol. The molecule has 190 valence electrons. The number of hydrogen-bond acceptors (Lipinski definition) is 7. The van der Waals surface area contributed by atoms with Crippen LogP contribution in [0.5, 0.6) is 17.2 Å². The molecule has 0 aliphatic heterocycles. The van der Waals surface area contributed by atoms with E-state index < -0.39 is 0 Å². The lowest BCUT2D eigenvalue weighted by Crippen LogP contribution is -2.21. The van der Waals surface area contributed by atoms with E-state index in [4.69, 9.17) is 30.3 Å². The largest absolute Gasteiger partial charge is 0.493 e. The van der Waals surface area contributed by atoms with Crippen LogP contribution in [0, 0.1) is 6.92 Å². The average Bonchev–Trinajstić information content (AvgIpc) is 3.26. The van der Waals surface area contributed by atoms with Crippen LogP contribution < -0.4 is 25.1 Å². The Hall–Kier alpha value is -3.72. The molecule has 1 N–H and O–H groups in total. The molecule has 2 aromatic carbocycles. The summed E-state index contributed by atoms with van der Waals surface area (Å²) in [4.78, 5) is 25.7. The lowest BCUT2D eigenvalue weighted by molar-refractivity contribution is -0.116. The first-order chi connectivity index (χ1) is 17.4. The number of nitrogens with zero attached hydrogens (tertiary/aromatic N) is 2. The monoisotopic (exact) mass is 513 g/mol. The number of amides is 1. The van der Waals surface area contributed by atoms with Crippen LogP contribution in [-0.2, 0) is 11.3 Å². The van der Waals surface area contributed by atoms with Crippen LogP contribution in [0.1, 0.15) is 31.4 Å². The summed E-state index contributed by atoms with van der Waals surface area (Å²) in [6.45, 7) is 2.21. The molecule has 0 saturated heterocycles. The maximum atomic E-state index is 13.2. The van der Waals surface area contributed by atoms with E-state index in [9.17, 15) is 9.59 Å². The predicted octanol–water partition coefficient (Wildman–Crippen LogP) is 5.33. The molecule has 1 amide bonds. The van der Waals surface area contributed by atoms with Crippen molar-refractivity contribution in [1.29, 1.82) is 0 Å². The number of carbonyl (C=O) groups is 1. The number of hydrogen-bond donors (Lipinski definition) is 1. The number of rotatable bonds is 10.